The fourth-order valence-corrected chi connectivity index (χ4v) is 2.31. The minimum absolute atomic E-state index is 0.0833. The van der Waals surface area contributed by atoms with Crippen molar-refractivity contribution < 1.29 is 13.2 Å². The maximum atomic E-state index is 11.5. The monoisotopic (exact) mass is 302 g/mol. The van der Waals surface area contributed by atoms with Crippen molar-refractivity contribution in [3.63, 3.8) is 0 Å². The Morgan fingerprint density at radius 2 is 1.57 bits per heavy atom. The first-order valence-electron chi connectivity index (χ1n) is 6.02. The second-order valence-electron chi connectivity index (χ2n) is 4.11. The van der Waals surface area contributed by atoms with E-state index in [9.17, 15) is 8.42 Å². The summed E-state index contributed by atoms with van der Waals surface area (Å²) in [5.74, 6) is 1.12. The Bertz CT molecular complexity index is 762. The number of hydrogen-bond acceptors (Lipinski definition) is 3. The molecule has 0 aliphatic heterocycles. The third-order valence-corrected chi connectivity index (χ3v) is 3.87. The molecule has 1 radical (unpaired) electrons. The molecule has 6 nitrogen and oxygen atoms in total. The Kier molecular flexibility index (Phi) is 4.47. The molecule has 0 spiro atoms. The zero-order chi connectivity index (χ0) is 15.3. The SMILES string of the molecule is [CH2]Cc1ccc(Oc2ccc(S(=O)(=O)N=[N+]=[N-])cc2)cc1. The molecule has 0 saturated carbocycles. The van der Waals surface area contributed by atoms with E-state index in [2.05, 4.69) is 16.4 Å². The second kappa shape index (κ2) is 6.30. The summed E-state index contributed by atoms with van der Waals surface area (Å²) in [5.41, 5.74) is 9.30. The average molecular weight is 302 g/mol. The summed E-state index contributed by atoms with van der Waals surface area (Å²) in [7, 11) is -3.96. The minimum Gasteiger partial charge on any atom is -0.457 e. The van der Waals surface area contributed by atoms with Gasteiger partial charge in [0.15, 0.2) is 0 Å². The van der Waals surface area contributed by atoms with Crippen molar-refractivity contribution in [3.8, 4) is 11.5 Å². The highest BCUT2D eigenvalue weighted by molar-refractivity contribution is 7.90. The summed E-state index contributed by atoms with van der Waals surface area (Å²) in [5, 5.41) is 0. The average Bonchev–Trinajstić information content (AvgIpc) is 2.48. The van der Waals surface area contributed by atoms with E-state index in [-0.39, 0.29) is 4.90 Å². The first-order chi connectivity index (χ1) is 10.0. The maximum absolute atomic E-state index is 11.5. The maximum Gasteiger partial charge on any atom is 0.264 e. The van der Waals surface area contributed by atoms with E-state index in [1.807, 2.05) is 24.3 Å². The summed E-state index contributed by atoms with van der Waals surface area (Å²) in [6, 6.07) is 13.1. The summed E-state index contributed by atoms with van der Waals surface area (Å²) in [6.45, 7) is 3.79. The Morgan fingerprint density at radius 1 is 1.05 bits per heavy atom. The summed E-state index contributed by atoms with van der Waals surface area (Å²) >= 11 is 0. The van der Waals surface area contributed by atoms with Crippen LogP contribution >= 0.6 is 0 Å². The highest BCUT2D eigenvalue weighted by Gasteiger charge is 2.11. The van der Waals surface area contributed by atoms with E-state index in [4.69, 9.17) is 10.3 Å². The first kappa shape index (κ1) is 14.9. The van der Waals surface area contributed by atoms with Crippen molar-refractivity contribution >= 4 is 10.0 Å². The standard InChI is InChI=1S/C14H12N3O3S/c1-2-11-3-5-12(6-4-11)20-13-7-9-14(10-8-13)21(18,19)17-16-15/h3-10H,1-2H2. The fourth-order valence-electron chi connectivity index (χ4n) is 1.64. The van der Waals surface area contributed by atoms with E-state index in [0.717, 1.165) is 5.56 Å². The van der Waals surface area contributed by atoms with Gasteiger partial charge in [0.2, 0.25) is 0 Å². The molecule has 0 aromatic heterocycles. The third kappa shape index (κ3) is 3.75. The molecule has 2 aromatic rings. The van der Waals surface area contributed by atoms with Crippen LogP contribution in [0, 0.1) is 6.92 Å². The van der Waals surface area contributed by atoms with Crippen molar-refractivity contribution in [3.05, 3.63) is 71.5 Å². The summed E-state index contributed by atoms with van der Waals surface area (Å²) in [6.07, 6.45) is 0.701. The molecule has 0 amide bonds. The van der Waals surface area contributed by atoms with Crippen molar-refractivity contribution in [2.24, 2.45) is 4.52 Å². The van der Waals surface area contributed by atoms with Crippen LogP contribution in [0.3, 0.4) is 0 Å². The quantitative estimate of drug-likeness (QED) is 0.477. The molecule has 7 heteroatoms. The molecule has 0 bridgehead atoms. The van der Waals surface area contributed by atoms with Gasteiger partial charge < -0.3 is 4.74 Å². The molecule has 2 rings (SSSR count). The van der Waals surface area contributed by atoms with Crippen LogP contribution < -0.4 is 4.74 Å². The van der Waals surface area contributed by atoms with Crippen LogP contribution in [0.2, 0.25) is 0 Å². The minimum atomic E-state index is -3.96. The molecule has 0 aliphatic carbocycles. The fraction of sp³-hybridized carbons (Fsp3) is 0.0714. The van der Waals surface area contributed by atoms with E-state index < -0.39 is 10.0 Å². The largest absolute Gasteiger partial charge is 0.457 e. The molecular weight excluding hydrogens is 290 g/mol. The highest BCUT2D eigenvalue weighted by atomic mass is 32.2. The normalized spacial score (nSPS) is 10.7. The molecule has 21 heavy (non-hydrogen) atoms. The lowest BCUT2D eigenvalue weighted by Gasteiger charge is -2.07. The van der Waals surface area contributed by atoms with Crippen LogP contribution in [0.5, 0.6) is 11.5 Å². The Morgan fingerprint density at radius 3 is 2.05 bits per heavy atom. The number of ether oxygens (including phenoxy) is 1. The molecule has 0 aliphatic rings. The van der Waals surface area contributed by atoms with Crippen LogP contribution in [0.1, 0.15) is 5.56 Å². The topological polar surface area (TPSA) is 92.1 Å². The van der Waals surface area contributed by atoms with Crippen molar-refractivity contribution in [2.45, 2.75) is 11.3 Å². The summed E-state index contributed by atoms with van der Waals surface area (Å²) < 4.78 is 31.4. The van der Waals surface area contributed by atoms with E-state index in [1.165, 1.54) is 24.3 Å². The molecule has 0 unspecified atom stereocenters. The van der Waals surface area contributed by atoms with E-state index in [0.29, 0.717) is 17.9 Å². The predicted octanol–water partition coefficient (Wildman–Crippen LogP) is 3.85. The number of hydrogen-bond donors (Lipinski definition) is 0. The molecule has 0 saturated heterocycles. The second-order valence-corrected chi connectivity index (χ2v) is 5.70. The van der Waals surface area contributed by atoms with Gasteiger partial charge in [0.05, 0.1) is 4.90 Å². The number of sulfonamides is 1. The van der Waals surface area contributed by atoms with Crippen LogP contribution in [-0.4, -0.2) is 8.42 Å². The predicted molar refractivity (Wildman–Crippen MR) is 78.4 cm³/mol. The summed E-state index contributed by atoms with van der Waals surface area (Å²) in [4.78, 5) is 2.21. The molecule has 0 fully saturated rings. The molecular formula is C14H12N3O3S. The van der Waals surface area contributed by atoms with E-state index >= 15 is 0 Å². The lowest BCUT2D eigenvalue weighted by atomic mass is 10.2. The van der Waals surface area contributed by atoms with Crippen molar-refractivity contribution in [1.29, 1.82) is 0 Å². The first-order valence-corrected chi connectivity index (χ1v) is 7.46. The van der Waals surface area contributed by atoms with Gasteiger partial charge in [-0.05, 0) is 60.8 Å². The molecule has 2 aromatic carbocycles. The van der Waals surface area contributed by atoms with Crippen LogP contribution in [0.4, 0.5) is 0 Å². The van der Waals surface area contributed by atoms with Gasteiger partial charge in [-0.25, -0.2) is 8.42 Å². The van der Waals surface area contributed by atoms with Gasteiger partial charge in [-0.15, -0.1) is 0 Å². The molecule has 0 N–H and O–H groups in total. The number of azide groups is 1. The van der Waals surface area contributed by atoms with Gasteiger partial charge in [0, 0.05) is 9.43 Å². The lowest BCUT2D eigenvalue weighted by Crippen LogP contribution is -1.95. The molecule has 107 valence electrons. The Labute approximate surface area is 122 Å². The Hall–Kier alpha value is -2.50. The van der Waals surface area contributed by atoms with Crippen molar-refractivity contribution in [2.75, 3.05) is 0 Å². The van der Waals surface area contributed by atoms with Gasteiger partial charge >= 0.3 is 0 Å². The van der Waals surface area contributed by atoms with Crippen molar-refractivity contribution in [1.82, 2.24) is 0 Å². The van der Waals surface area contributed by atoms with Crippen LogP contribution in [-0.2, 0) is 16.4 Å². The van der Waals surface area contributed by atoms with Gasteiger partial charge in [0.1, 0.15) is 11.5 Å². The molecule has 0 heterocycles. The lowest BCUT2D eigenvalue weighted by molar-refractivity contribution is 0.482. The smallest absolute Gasteiger partial charge is 0.264 e. The zero-order valence-electron chi connectivity index (χ0n) is 11.0. The van der Waals surface area contributed by atoms with E-state index in [1.54, 1.807) is 0 Å². The van der Waals surface area contributed by atoms with Gasteiger partial charge in [0.25, 0.3) is 10.0 Å². The number of rotatable bonds is 5. The van der Waals surface area contributed by atoms with Crippen LogP contribution in [0.25, 0.3) is 10.4 Å². The van der Waals surface area contributed by atoms with Gasteiger partial charge in [-0.3, -0.25) is 0 Å². The van der Waals surface area contributed by atoms with Gasteiger partial charge in [-0.2, -0.15) is 0 Å². The van der Waals surface area contributed by atoms with Gasteiger partial charge in [-0.1, -0.05) is 12.1 Å². The number of benzene rings is 2. The highest BCUT2D eigenvalue weighted by Crippen LogP contribution is 2.24. The third-order valence-electron chi connectivity index (χ3n) is 2.71. The zero-order valence-corrected chi connectivity index (χ0v) is 11.8. The Balaban J connectivity index is 2.17. The van der Waals surface area contributed by atoms with Crippen LogP contribution in [0.15, 0.2) is 57.9 Å². The molecule has 0 atom stereocenters. The number of nitrogens with zero attached hydrogens (tertiary/aromatic N) is 3.